The van der Waals surface area contributed by atoms with Gasteiger partial charge in [0.05, 0.1) is 30.5 Å². The summed E-state index contributed by atoms with van der Waals surface area (Å²) in [5.74, 6) is 4.06. The number of halogens is 2. The number of aromatic nitrogens is 3. The fourth-order valence-corrected chi connectivity index (χ4v) is 3.69. The standard InChI is InChI=1S/C24H21ClFN5O3/c1-16(32)30-9-10-34-19(14-30)15-31-22(20(25)13-28-31)24(33)29-23-21(26)11-18(12-27-23)8-7-17-5-3-2-4-6-17/h2-6,11-13,19H,9-10,14-15H2,1H3,(H,27,29,33). The van der Waals surface area contributed by atoms with Crippen LogP contribution in [0.15, 0.2) is 48.8 Å². The summed E-state index contributed by atoms with van der Waals surface area (Å²) in [6, 6.07) is 10.5. The van der Waals surface area contributed by atoms with Crippen LogP contribution in [0.5, 0.6) is 0 Å². The smallest absolute Gasteiger partial charge is 0.276 e. The largest absolute Gasteiger partial charge is 0.373 e. The van der Waals surface area contributed by atoms with Gasteiger partial charge in [-0.2, -0.15) is 5.10 Å². The van der Waals surface area contributed by atoms with Crippen LogP contribution >= 0.6 is 11.6 Å². The molecule has 34 heavy (non-hydrogen) atoms. The predicted octanol–water partition coefficient (Wildman–Crippen LogP) is 2.97. The van der Waals surface area contributed by atoms with Crippen molar-refractivity contribution in [2.45, 2.75) is 19.6 Å². The number of nitrogens with zero attached hydrogens (tertiary/aromatic N) is 4. The van der Waals surface area contributed by atoms with Gasteiger partial charge in [0.25, 0.3) is 5.91 Å². The second-order valence-electron chi connectivity index (χ2n) is 7.61. The van der Waals surface area contributed by atoms with Gasteiger partial charge in [-0.05, 0) is 18.2 Å². The number of anilines is 1. The maximum absolute atomic E-state index is 14.6. The highest BCUT2D eigenvalue weighted by atomic mass is 35.5. The molecule has 0 spiro atoms. The number of nitrogens with one attached hydrogen (secondary N) is 1. The van der Waals surface area contributed by atoms with E-state index in [-0.39, 0.29) is 35.1 Å². The number of carbonyl (C=O) groups excluding carboxylic acids is 2. The molecule has 3 aromatic rings. The Morgan fingerprint density at radius 3 is 2.74 bits per heavy atom. The van der Waals surface area contributed by atoms with Gasteiger partial charge in [-0.25, -0.2) is 9.37 Å². The average Bonchev–Trinajstić information content (AvgIpc) is 3.20. The Morgan fingerprint density at radius 1 is 1.24 bits per heavy atom. The quantitative estimate of drug-likeness (QED) is 0.579. The van der Waals surface area contributed by atoms with E-state index in [9.17, 15) is 14.0 Å². The van der Waals surface area contributed by atoms with Crippen LogP contribution < -0.4 is 5.32 Å². The minimum absolute atomic E-state index is 0.0411. The van der Waals surface area contributed by atoms with Crippen LogP contribution in [0.1, 0.15) is 28.5 Å². The summed E-state index contributed by atoms with van der Waals surface area (Å²) in [7, 11) is 0. The van der Waals surface area contributed by atoms with Gasteiger partial charge >= 0.3 is 0 Å². The summed E-state index contributed by atoms with van der Waals surface area (Å²) < 4.78 is 21.7. The number of pyridine rings is 1. The first kappa shape index (κ1) is 23.4. The van der Waals surface area contributed by atoms with E-state index in [1.807, 2.05) is 30.3 Å². The normalized spacial score (nSPS) is 15.4. The van der Waals surface area contributed by atoms with Crippen molar-refractivity contribution in [1.82, 2.24) is 19.7 Å². The highest BCUT2D eigenvalue weighted by Crippen LogP contribution is 2.20. The van der Waals surface area contributed by atoms with E-state index in [1.54, 1.807) is 4.90 Å². The molecule has 0 bridgehead atoms. The SMILES string of the molecule is CC(=O)N1CCOC(Cn2ncc(Cl)c2C(=O)Nc2ncc(C#Cc3ccccc3)cc2F)C1. The maximum Gasteiger partial charge on any atom is 0.276 e. The Balaban J connectivity index is 1.46. The molecule has 174 valence electrons. The van der Waals surface area contributed by atoms with Crippen LogP contribution in [0.2, 0.25) is 5.02 Å². The average molecular weight is 482 g/mol. The van der Waals surface area contributed by atoms with Crippen molar-refractivity contribution < 1.29 is 18.7 Å². The lowest BCUT2D eigenvalue weighted by Crippen LogP contribution is -2.46. The van der Waals surface area contributed by atoms with Crippen LogP contribution in [0.4, 0.5) is 10.2 Å². The Bertz CT molecular complexity index is 1270. The van der Waals surface area contributed by atoms with Crippen LogP contribution in [0.25, 0.3) is 0 Å². The molecule has 0 saturated carbocycles. The highest BCUT2D eigenvalue weighted by Gasteiger charge is 2.26. The first-order valence-electron chi connectivity index (χ1n) is 10.5. The summed E-state index contributed by atoms with van der Waals surface area (Å²) in [5.41, 5.74) is 1.20. The summed E-state index contributed by atoms with van der Waals surface area (Å²) in [6.07, 6.45) is 2.34. The van der Waals surface area contributed by atoms with Gasteiger partial charge in [0, 0.05) is 37.3 Å². The zero-order chi connectivity index (χ0) is 24.1. The molecule has 1 N–H and O–H groups in total. The lowest BCUT2D eigenvalue weighted by Gasteiger charge is -2.32. The topological polar surface area (TPSA) is 89.4 Å². The summed E-state index contributed by atoms with van der Waals surface area (Å²) >= 11 is 6.19. The zero-order valence-electron chi connectivity index (χ0n) is 18.3. The number of rotatable bonds is 4. The third kappa shape index (κ3) is 5.60. The van der Waals surface area contributed by atoms with Crippen molar-refractivity contribution >= 4 is 29.2 Å². The molecule has 1 aliphatic rings. The van der Waals surface area contributed by atoms with Gasteiger partial charge in [-0.1, -0.05) is 41.6 Å². The molecule has 10 heteroatoms. The maximum atomic E-state index is 14.6. The van der Waals surface area contributed by atoms with Crippen molar-refractivity contribution in [3.63, 3.8) is 0 Å². The van der Waals surface area contributed by atoms with Gasteiger partial charge in [0.1, 0.15) is 5.69 Å². The Kier molecular flexibility index (Phi) is 7.21. The lowest BCUT2D eigenvalue weighted by molar-refractivity contribution is -0.136. The van der Waals surface area contributed by atoms with Gasteiger partial charge < -0.3 is 15.0 Å². The molecular weight excluding hydrogens is 461 g/mol. The molecule has 1 fully saturated rings. The number of carbonyl (C=O) groups is 2. The molecule has 1 aromatic carbocycles. The second kappa shape index (κ2) is 10.5. The molecule has 1 saturated heterocycles. The van der Waals surface area contributed by atoms with Gasteiger partial charge in [0.2, 0.25) is 5.91 Å². The third-order valence-corrected chi connectivity index (χ3v) is 5.45. The van der Waals surface area contributed by atoms with Crippen LogP contribution in [0, 0.1) is 17.7 Å². The molecule has 2 amide bonds. The van der Waals surface area contributed by atoms with Crippen molar-refractivity contribution in [2.75, 3.05) is 25.0 Å². The monoisotopic (exact) mass is 481 g/mol. The molecule has 1 unspecified atom stereocenters. The Labute approximate surface area is 200 Å². The van der Waals surface area contributed by atoms with E-state index in [1.165, 1.54) is 30.1 Å². The van der Waals surface area contributed by atoms with Crippen LogP contribution in [-0.4, -0.2) is 57.3 Å². The number of amides is 2. The molecule has 3 heterocycles. The van der Waals surface area contributed by atoms with E-state index in [2.05, 4.69) is 27.2 Å². The number of morpholine rings is 1. The van der Waals surface area contributed by atoms with Gasteiger partial charge in [-0.15, -0.1) is 0 Å². The van der Waals surface area contributed by atoms with Gasteiger partial charge in [0.15, 0.2) is 11.6 Å². The van der Waals surface area contributed by atoms with Crippen molar-refractivity contribution in [2.24, 2.45) is 0 Å². The van der Waals surface area contributed by atoms with Crippen molar-refractivity contribution in [3.8, 4) is 11.8 Å². The Morgan fingerprint density at radius 2 is 2.00 bits per heavy atom. The highest BCUT2D eigenvalue weighted by molar-refractivity contribution is 6.34. The van der Waals surface area contributed by atoms with Gasteiger partial charge in [-0.3, -0.25) is 14.3 Å². The van der Waals surface area contributed by atoms with E-state index in [4.69, 9.17) is 16.3 Å². The van der Waals surface area contributed by atoms with E-state index in [0.29, 0.717) is 25.3 Å². The first-order valence-corrected chi connectivity index (χ1v) is 10.9. The fraction of sp³-hybridized carbons (Fsp3) is 0.250. The number of benzene rings is 1. The number of hydrogen-bond acceptors (Lipinski definition) is 5. The fourth-order valence-electron chi connectivity index (χ4n) is 3.47. The lowest BCUT2D eigenvalue weighted by atomic mass is 10.2. The Hall–Kier alpha value is -3.74. The molecule has 0 aliphatic carbocycles. The van der Waals surface area contributed by atoms with Crippen LogP contribution in [-0.2, 0) is 16.1 Å². The van der Waals surface area contributed by atoms with Crippen LogP contribution in [0.3, 0.4) is 0 Å². The minimum atomic E-state index is -0.733. The molecule has 1 atom stereocenters. The van der Waals surface area contributed by atoms with E-state index < -0.39 is 11.7 Å². The first-order chi connectivity index (χ1) is 16.4. The van der Waals surface area contributed by atoms with Crippen molar-refractivity contribution in [3.05, 3.63) is 76.5 Å². The van der Waals surface area contributed by atoms with E-state index >= 15 is 0 Å². The predicted molar refractivity (Wildman–Crippen MR) is 124 cm³/mol. The molecule has 2 aromatic heterocycles. The molecule has 4 rings (SSSR count). The minimum Gasteiger partial charge on any atom is -0.373 e. The number of ether oxygens (including phenoxy) is 1. The summed E-state index contributed by atoms with van der Waals surface area (Å²) in [5, 5.41) is 6.67. The van der Waals surface area contributed by atoms with Crippen molar-refractivity contribution in [1.29, 1.82) is 0 Å². The third-order valence-electron chi connectivity index (χ3n) is 5.17. The molecule has 0 radical (unpaired) electrons. The van der Waals surface area contributed by atoms with E-state index in [0.717, 1.165) is 5.56 Å². The summed E-state index contributed by atoms with van der Waals surface area (Å²) in [4.78, 5) is 30.2. The zero-order valence-corrected chi connectivity index (χ0v) is 19.1. The number of hydrogen-bond donors (Lipinski definition) is 1. The summed E-state index contributed by atoms with van der Waals surface area (Å²) in [6.45, 7) is 2.95. The molecular formula is C24H21ClFN5O3. The molecule has 1 aliphatic heterocycles. The molecule has 8 nitrogen and oxygen atoms in total. The second-order valence-corrected chi connectivity index (χ2v) is 8.01.